The molecule has 108 valence electrons. The first-order chi connectivity index (χ1) is 9.78. The fourth-order valence-electron chi connectivity index (χ4n) is 3.35. The van der Waals surface area contributed by atoms with Gasteiger partial charge in [0.2, 0.25) is 0 Å². The highest BCUT2D eigenvalue weighted by atomic mass is 16.5. The van der Waals surface area contributed by atoms with E-state index in [9.17, 15) is 0 Å². The lowest BCUT2D eigenvalue weighted by Crippen LogP contribution is -2.35. The van der Waals surface area contributed by atoms with Gasteiger partial charge in [0.15, 0.2) is 11.5 Å². The van der Waals surface area contributed by atoms with E-state index in [1.54, 1.807) is 12.7 Å². The second-order valence-corrected chi connectivity index (χ2v) is 5.74. The summed E-state index contributed by atoms with van der Waals surface area (Å²) in [4.78, 5) is 2.52. The van der Waals surface area contributed by atoms with Gasteiger partial charge >= 0.3 is 0 Å². The van der Waals surface area contributed by atoms with Crippen molar-refractivity contribution in [1.29, 1.82) is 0 Å². The number of likely N-dealkylation sites (N-methyl/N-ethyl adjacent to an activating group) is 1. The summed E-state index contributed by atoms with van der Waals surface area (Å²) in [6.07, 6.45) is 7.35. The molecule has 2 atom stereocenters. The Balaban J connectivity index is 1.55. The average Bonchev–Trinajstić information content (AvgIpc) is 2.70. The number of ether oxygens (including phenoxy) is 2. The van der Waals surface area contributed by atoms with Crippen LogP contribution in [0.4, 0.5) is 0 Å². The molecule has 2 aliphatic rings. The first-order valence-electron chi connectivity index (χ1n) is 7.45. The van der Waals surface area contributed by atoms with E-state index in [4.69, 9.17) is 9.47 Å². The minimum absolute atomic E-state index is 0.662. The van der Waals surface area contributed by atoms with Crippen molar-refractivity contribution < 1.29 is 9.47 Å². The van der Waals surface area contributed by atoms with Crippen LogP contribution in [0.1, 0.15) is 25.7 Å². The Morgan fingerprint density at radius 3 is 2.75 bits per heavy atom. The van der Waals surface area contributed by atoms with E-state index in [0.717, 1.165) is 30.6 Å². The number of hydrogen-bond acceptors (Lipinski definition) is 3. The number of methoxy groups -OCH3 is 1. The van der Waals surface area contributed by atoms with E-state index in [-0.39, 0.29) is 0 Å². The molecule has 1 fully saturated rings. The Hall–Kier alpha value is -1.48. The molecule has 2 bridgehead atoms. The highest BCUT2D eigenvalue weighted by molar-refractivity contribution is 5.39. The standard InChI is InChI=1S/C17H23NO2/c1-18-14-7-8-15(18)12-13(11-14)9-10-20-17-6-4-3-5-16(17)19-2/h3-6,11,14-15H,7-10,12H2,1-2H3. The van der Waals surface area contributed by atoms with Crippen LogP contribution in [0.3, 0.4) is 0 Å². The SMILES string of the molecule is COc1ccccc1OCCC1=CC2CCC(C1)N2C. The molecule has 3 heteroatoms. The lowest BCUT2D eigenvalue weighted by atomic mass is 9.99. The van der Waals surface area contributed by atoms with Crippen molar-refractivity contribution in [3.63, 3.8) is 0 Å². The van der Waals surface area contributed by atoms with Crippen LogP contribution < -0.4 is 9.47 Å². The van der Waals surface area contributed by atoms with Crippen LogP contribution in [0.25, 0.3) is 0 Å². The highest BCUT2D eigenvalue weighted by Crippen LogP contribution is 2.34. The van der Waals surface area contributed by atoms with Crippen LogP contribution in [0, 0.1) is 0 Å². The number of benzene rings is 1. The molecule has 0 spiro atoms. The van der Waals surface area contributed by atoms with Gasteiger partial charge in [-0.15, -0.1) is 0 Å². The maximum absolute atomic E-state index is 5.87. The zero-order valence-corrected chi connectivity index (χ0v) is 12.3. The lowest BCUT2D eigenvalue weighted by molar-refractivity contribution is 0.245. The molecule has 0 N–H and O–H groups in total. The normalized spacial score (nSPS) is 25.4. The third-order valence-electron chi connectivity index (χ3n) is 4.57. The number of nitrogens with zero attached hydrogens (tertiary/aromatic N) is 1. The second-order valence-electron chi connectivity index (χ2n) is 5.74. The Morgan fingerprint density at radius 1 is 1.20 bits per heavy atom. The molecule has 0 aliphatic carbocycles. The predicted molar refractivity (Wildman–Crippen MR) is 80.4 cm³/mol. The fourth-order valence-corrected chi connectivity index (χ4v) is 3.35. The van der Waals surface area contributed by atoms with Crippen LogP contribution in [-0.2, 0) is 0 Å². The molecule has 1 aromatic rings. The molecule has 1 saturated heterocycles. The van der Waals surface area contributed by atoms with Gasteiger partial charge in [0.05, 0.1) is 13.7 Å². The maximum Gasteiger partial charge on any atom is 0.161 e. The van der Waals surface area contributed by atoms with Gasteiger partial charge < -0.3 is 9.47 Å². The number of rotatable bonds is 5. The van der Waals surface area contributed by atoms with E-state index in [0.29, 0.717) is 6.04 Å². The van der Waals surface area contributed by atoms with Gasteiger partial charge in [-0.05, 0) is 38.4 Å². The van der Waals surface area contributed by atoms with Crippen molar-refractivity contribution in [2.75, 3.05) is 20.8 Å². The summed E-state index contributed by atoms with van der Waals surface area (Å²) in [5.41, 5.74) is 1.56. The molecule has 0 aromatic heterocycles. The van der Waals surface area contributed by atoms with Crippen molar-refractivity contribution in [2.45, 2.75) is 37.8 Å². The largest absolute Gasteiger partial charge is 0.493 e. The first kappa shape index (κ1) is 13.5. The van der Waals surface area contributed by atoms with Crippen molar-refractivity contribution in [1.82, 2.24) is 4.90 Å². The third-order valence-corrected chi connectivity index (χ3v) is 4.57. The van der Waals surface area contributed by atoms with E-state index < -0.39 is 0 Å². The molecule has 0 saturated carbocycles. The Morgan fingerprint density at radius 2 is 2.00 bits per heavy atom. The molecule has 2 unspecified atom stereocenters. The van der Waals surface area contributed by atoms with Crippen LogP contribution in [0.2, 0.25) is 0 Å². The second kappa shape index (κ2) is 5.88. The topological polar surface area (TPSA) is 21.7 Å². The third kappa shape index (κ3) is 2.68. The van der Waals surface area contributed by atoms with Crippen molar-refractivity contribution >= 4 is 0 Å². The molecule has 3 rings (SSSR count). The minimum Gasteiger partial charge on any atom is -0.493 e. The monoisotopic (exact) mass is 273 g/mol. The maximum atomic E-state index is 5.87. The summed E-state index contributed by atoms with van der Waals surface area (Å²) in [5.74, 6) is 1.65. The smallest absolute Gasteiger partial charge is 0.161 e. The Bertz CT molecular complexity index is 498. The number of fused-ring (bicyclic) bond motifs is 2. The predicted octanol–water partition coefficient (Wildman–Crippen LogP) is 3.26. The Labute approximate surface area is 121 Å². The van der Waals surface area contributed by atoms with Gasteiger partial charge in [0, 0.05) is 18.5 Å². The summed E-state index contributed by atoms with van der Waals surface area (Å²) in [6, 6.07) is 9.26. The van der Waals surface area contributed by atoms with E-state index >= 15 is 0 Å². The van der Waals surface area contributed by atoms with Crippen LogP contribution in [-0.4, -0.2) is 37.7 Å². The molecular formula is C17H23NO2. The zero-order chi connectivity index (χ0) is 13.9. The van der Waals surface area contributed by atoms with Crippen molar-refractivity contribution in [2.24, 2.45) is 0 Å². The quantitative estimate of drug-likeness (QED) is 0.769. The average molecular weight is 273 g/mol. The summed E-state index contributed by atoms with van der Waals surface area (Å²) in [5, 5.41) is 0. The molecule has 20 heavy (non-hydrogen) atoms. The van der Waals surface area contributed by atoms with E-state index in [1.807, 2.05) is 24.3 Å². The fraction of sp³-hybridized carbons (Fsp3) is 0.529. The van der Waals surface area contributed by atoms with Crippen LogP contribution in [0.5, 0.6) is 11.5 Å². The Kier molecular flexibility index (Phi) is 3.97. The highest BCUT2D eigenvalue weighted by Gasteiger charge is 2.33. The summed E-state index contributed by atoms with van der Waals surface area (Å²) in [6.45, 7) is 0.732. The molecule has 3 nitrogen and oxygen atoms in total. The van der Waals surface area contributed by atoms with Crippen LogP contribution >= 0.6 is 0 Å². The van der Waals surface area contributed by atoms with Gasteiger partial charge in [-0.1, -0.05) is 23.8 Å². The minimum atomic E-state index is 0.662. The molecule has 2 aliphatic heterocycles. The molecular weight excluding hydrogens is 250 g/mol. The summed E-state index contributed by atoms with van der Waals surface area (Å²) in [7, 11) is 3.93. The molecule has 0 amide bonds. The van der Waals surface area contributed by atoms with Crippen molar-refractivity contribution in [3.05, 3.63) is 35.9 Å². The van der Waals surface area contributed by atoms with Gasteiger partial charge in [-0.2, -0.15) is 0 Å². The lowest BCUT2D eigenvalue weighted by Gasteiger charge is -2.30. The van der Waals surface area contributed by atoms with Gasteiger partial charge in [0.1, 0.15) is 0 Å². The van der Waals surface area contributed by atoms with Crippen LogP contribution in [0.15, 0.2) is 35.9 Å². The number of hydrogen-bond donors (Lipinski definition) is 0. The van der Waals surface area contributed by atoms with Gasteiger partial charge in [-0.25, -0.2) is 0 Å². The van der Waals surface area contributed by atoms with E-state index in [2.05, 4.69) is 18.0 Å². The van der Waals surface area contributed by atoms with Gasteiger partial charge in [-0.3, -0.25) is 4.90 Å². The van der Waals surface area contributed by atoms with Gasteiger partial charge in [0.25, 0.3) is 0 Å². The summed E-state index contributed by atoms with van der Waals surface area (Å²) < 4.78 is 11.2. The molecule has 0 radical (unpaired) electrons. The van der Waals surface area contributed by atoms with Crippen molar-refractivity contribution in [3.8, 4) is 11.5 Å². The summed E-state index contributed by atoms with van der Waals surface area (Å²) >= 11 is 0. The number of para-hydroxylation sites is 2. The first-order valence-corrected chi connectivity index (χ1v) is 7.45. The van der Waals surface area contributed by atoms with E-state index in [1.165, 1.54) is 19.3 Å². The molecule has 1 aromatic carbocycles. The molecule has 2 heterocycles. The zero-order valence-electron chi connectivity index (χ0n) is 12.3.